The van der Waals surface area contributed by atoms with Crippen LogP contribution in [0.3, 0.4) is 0 Å². The minimum absolute atomic E-state index is 0.369. The fraction of sp³-hybridized carbons (Fsp3) is 0.103. The SMILES string of the molecule is Cc1ccc(-c2nn(-c3ccccc3)cc2C=NNC(=O)[C@H](C)Oc2cccc3cccnc23)cc1. The van der Waals surface area contributed by atoms with Crippen LogP contribution in [0.15, 0.2) is 102 Å². The van der Waals surface area contributed by atoms with Crippen molar-refractivity contribution in [2.24, 2.45) is 5.10 Å². The number of carbonyl (C=O) groups excluding carboxylic acids is 1. The average molecular weight is 476 g/mol. The van der Waals surface area contributed by atoms with Crippen LogP contribution >= 0.6 is 0 Å². The standard InChI is InChI=1S/C29H25N5O2/c1-20-13-15-23(16-14-20)27-24(19-34(33-27)25-10-4-3-5-11-25)18-31-32-29(35)21(2)36-26-12-6-8-22-9-7-17-30-28(22)26/h3-19,21H,1-2H3,(H,32,35)/t21-/m0/s1. The normalized spacial score (nSPS) is 12.1. The predicted octanol–water partition coefficient (Wildman–Crippen LogP) is 5.31. The maximum atomic E-state index is 12.7. The van der Waals surface area contributed by atoms with E-state index in [4.69, 9.17) is 9.84 Å². The first-order valence-corrected chi connectivity index (χ1v) is 11.6. The van der Waals surface area contributed by atoms with E-state index < -0.39 is 6.10 Å². The molecule has 0 aliphatic carbocycles. The van der Waals surface area contributed by atoms with Crippen LogP contribution in [0.5, 0.6) is 5.75 Å². The fourth-order valence-electron chi connectivity index (χ4n) is 3.80. The Morgan fingerprint density at radius 3 is 2.58 bits per heavy atom. The van der Waals surface area contributed by atoms with Crippen LogP contribution in [0.4, 0.5) is 0 Å². The molecule has 0 bridgehead atoms. The van der Waals surface area contributed by atoms with Crippen LogP contribution in [0, 0.1) is 6.92 Å². The number of aryl methyl sites for hydroxylation is 1. The Kier molecular flexibility index (Phi) is 6.53. The smallest absolute Gasteiger partial charge is 0.280 e. The molecule has 1 amide bonds. The number of fused-ring (bicyclic) bond motifs is 1. The molecule has 7 heteroatoms. The summed E-state index contributed by atoms with van der Waals surface area (Å²) in [5.41, 5.74) is 7.89. The molecule has 1 N–H and O–H groups in total. The lowest BCUT2D eigenvalue weighted by atomic mass is 10.1. The first-order valence-electron chi connectivity index (χ1n) is 11.6. The number of nitrogens with zero attached hydrogens (tertiary/aromatic N) is 4. The first kappa shape index (κ1) is 23.0. The maximum Gasteiger partial charge on any atom is 0.280 e. The number of nitrogens with one attached hydrogen (secondary N) is 1. The molecular formula is C29H25N5O2. The van der Waals surface area contributed by atoms with Crippen molar-refractivity contribution in [1.29, 1.82) is 0 Å². The van der Waals surface area contributed by atoms with Crippen LogP contribution in [-0.2, 0) is 4.79 Å². The number of hydrazone groups is 1. The molecule has 1 atom stereocenters. The van der Waals surface area contributed by atoms with E-state index in [-0.39, 0.29) is 5.91 Å². The van der Waals surface area contributed by atoms with Gasteiger partial charge < -0.3 is 4.74 Å². The van der Waals surface area contributed by atoms with Crippen molar-refractivity contribution in [1.82, 2.24) is 20.2 Å². The van der Waals surface area contributed by atoms with Gasteiger partial charge in [-0.2, -0.15) is 10.2 Å². The number of aromatic nitrogens is 3. The third-order valence-electron chi connectivity index (χ3n) is 5.74. The van der Waals surface area contributed by atoms with Crippen LogP contribution in [0.25, 0.3) is 27.8 Å². The molecule has 3 aromatic carbocycles. The van der Waals surface area contributed by atoms with Crippen LogP contribution in [-0.4, -0.2) is 33.0 Å². The molecule has 178 valence electrons. The van der Waals surface area contributed by atoms with Crippen molar-refractivity contribution in [3.05, 3.63) is 108 Å². The van der Waals surface area contributed by atoms with Crippen molar-refractivity contribution in [2.75, 3.05) is 0 Å². The van der Waals surface area contributed by atoms with E-state index in [1.807, 2.05) is 92.0 Å². The first-order chi connectivity index (χ1) is 17.6. The molecule has 36 heavy (non-hydrogen) atoms. The van der Waals surface area contributed by atoms with Gasteiger partial charge in [-0.15, -0.1) is 0 Å². The lowest BCUT2D eigenvalue weighted by molar-refractivity contribution is -0.127. The second kappa shape index (κ2) is 10.2. The molecule has 5 aromatic rings. The summed E-state index contributed by atoms with van der Waals surface area (Å²) in [6, 6.07) is 27.4. The van der Waals surface area contributed by atoms with Gasteiger partial charge in [-0.1, -0.05) is 66.2 Å². The molecule has 2 heterocycles. The third kappa shape index (κ3) is 5.00. The van der Waals surface area contributed by atoms with Crippen LogP contribution in [0.2, 0.25) is 0 Å². The quantitative estimate of drug-likeness (QED) is 0.255. The van der Waals surface area contributed by atoms with E-state index >= 15 is 0 Å². The second-order valence-corrected chi connectivity index (χ2v) is 8.40. The summed E-state index contributed by atoms with van der Waals surface area (Å²) in [7, 11) is 0. The lowest BCUT2D eigenvalue weighted by Crippen LogP contribution is -2.33. The third-order valence-corrected chi connectivity index (χ3v) is 5.74. The van der Waals surface area contributed by atoms with Crippen molar-refractivity contribution in [3.8, 4) is 22.7 Å². The molecule has 0 radical (unpaired) electrons. The second-order valence-electron chi connectivity index (χ2n) is 8.40. The number of para-hydroxylation sites is 2. The van der Waals surface area contributed by atoms with E-state index in [1.165, 1.54) is 5.56 Å². The number of ether oxygens (including phenoxy) is 1. The fourth-order valence-corrected chi connectivity index (χ4v) is 3.80. The molecule has 0 fully saturated rings. The number of carbonyl (C=O) groups is 1. The highest BCUT2D eigenvalue weighted by Gasteiger charge is 2.16. The molecule has 0 aliphatic rings. The number of hydrogen-bond acceptors (Lipinski definition) is 5. The van der Waals surface area contributed by atoms with E-state index in [2.05, 4.69) is 15.5 Å². The summed E-state index contributed by atoms with van der Waals surface area (Å²) < 4.78 is 7.70. The van der Waals surface area contributed by atoms with Crippen LogP contribution < -0.4 is 10.2 Å². The summed E-state index contributed by atoms with van der Waals surface area (Å²) >= 11 is 0. The highest BCUT2D eigenvalue weighted by molar-refractivity contribution is 5.90. The molecule has 0 spiro atoms. The number of amides is 1. The Morgan fingerprint density at radius 2 is 1.78 bits per heavy atom. The molecule has 0 saturated carbocycles. The minimum Gasteiger partial charge on any atom is -0.479 e. The van der Waals surface area contributed by atoms with Gasteiger partial charge in [0, 0.05) is 28.9 Å². The number of pyridine rings is 1. The van der Waals surface area contributed by atoms with Crippen molar-refractivity contribution >= 4 is 23.0 Å². The molecule has 7 nitrogen and oxygen atoms in total. The highest BCUT2D eigenvalue weighted by Crippen LogP contribution is 2.25. The monoisotopic (exact) mass is 475 g/mol. The van der Waals surface area contributed by atoms with E-state index in [1.54, 1.807) is 30.1 Å². The zero-order valence-electron chi connectivity index (χ0n) is 20.0. The van der Waals surface area contributed by atoms with Gasteiger partial charge in [-0.3, -0.25) is 9.78 Å². The molecule has 0 unspecified atom stereocenters. The van der Waals surface area contributed by atoms with Gasteiger partial charge in [0.1, 0.15) is 17.0 Å². The zero-order valence-corrected chi connectivity index (χ0v) is 20.0. The number of hydrogen-bond donors (Lipinski definition) is 1. The van der Waals surface area contributed by atoms with Crippen molar-refractivity contribution < 1.29 is 9.53 Å². The summed E-state index contributed by atoms with van der Waals surface area (Å²) in [6.07, 6.45) is 4.43. The van der Waals surface area contributed by atoms with Gasteiger partial charge in [-0.05, 0) is 38.1 Å². The molecule has 0 saturated heterocycles. The van der Waals surface area contributed by atoms with Crippen molar-refractivity contribution in [2.45, 2.75) is 20.0 Å². The Morgan fingerprint density at radius 1 is 1.00 bits per heavy atom. The van der Waals surface area contributed by atoms with Gasteiger partial charge >= 0.3 is 0 Å². The van der Waals surface area contributed by atoms with Crippen LogP contribution in [0.1, 0.15) is 18.1 Å². The molecular weight excluding hydrogens is 450 g/mol. The van der Waals surface area contributed by atoms with E-state index in [0.717, 1.165) is 27.9 Å². The van der Waals surface area contributed by atoms with Gasteiger partial charge in [0.05, 0.1) is 11.9 Å². The Hall–Kier alpha value is -4.78. The van der Waals surface area contributed by atoms with Gasteiger partial charge in [0.25, 0.3) is 5.91 Å². The van der Waals surface area contributed by atoms with E-state index in [0.29, 0.717) is 11.3 Å². The summed E-state index contributed by atoms with van der Waals surface area (Å²) in [5.74, 6) is 0.178. The maximum absolute atomic E-state index is 12.7. The highest BCUT2D eigenvalue weighted by atomic mass is 16.5. The Labute approximate surface area is 209 Å². The molecule has 2 aromatic heterocycles. The Balaban J connectivity index is 1.34. The Bertz CT molecular complexity index is 1520. The van der Waals surface area contributed by atoms with Gasteiger partial charge in [0.15, 0.2) is 6.10 Å². The predicted molar refractivity (Wildman–Crippen MR) is 141 cm³/mol. The summed E-state index contributed by atoms with van der Waals surface area (Å²) in [6.45, 7) is 3.72. The van der Waals surface area contributed by atoms with Gasteiger partial charge in [-0.25, -0.2) is 10.1 Å². The van der Waals surface area contributed by atoms with Crippen molar-refractivity contribution in [3.63, 3.8) is 0 Å². The summed E-state index contributed by atoms with van der Waals surface area (Å²) in [4.78, 5) is 17.1. The average Bonchev–Trinajstić information content (AvgIpc) is 3.34. The molecule has 5 rings (SSSR count). The minimum atomic E-state index is -0.765. The van der Waals surface area contributed by atoms with Gasteiger partial charge in [0.2, 0.25) is 0 Å². The number of rotatable bonds is 7. The zero-order chi connectivity index (χ0) is 24.9. The largest absolute Gasteiger partial charge is 0.479 e. The molecule has 0 aliphatic heterocycles. The van der Waals surface area contributed by atoms with E-state index in [9.17, 15) is 4.79 Å². The summed E-state index contributed by atoms with van der Waals surface area (Å²) in [5, 5.41) is 9.93. The lowest BCUT2D eigenvalue weighted by Gasteiger charge is -2.14. The number of benzene rings is 3. The topological polar surface area (TPSA) is 81.4 Å².